The van der Waals surface area contributed by atoms with Crippen molar-refractivity contribution < 1.29 is 4.74 Å². The van der Waals surface area contributed by atoms with Gasteiger partial charge in [-0.3, -0.25) is 4.90 Å². The van der Waals surface area contributed by atoms with Crippen LogP contribution in [0.2, 0.25) is 0 Å². The first-order chi connectivity index (χ1) is 12.7. The number of pyridine rings is 1. The van der Waals surface area contributed by atoms with Gasteiger partial charge >= 0.3 is 0 Å². The van der Waals surface area contributed by atoms with Crippen molar-refractivity contribution in [3.63, 3.8) is 0 Å². The Hall–Kier alpha value is -1.91. The highest BCUT2D eigenvalue weighted by atomic mass is 16.5. The average molecular weight is 351 g/mol. The second-order valence-electron chi connectivity index (χ2n) is 7.86. The highest BCUT2D eigenvalue weighted by molar-refractivity contribution is 5.42. The SMILES string of the molecule is C[C@]1(c2ccccc2)CCCN(c2ccc(CN3CCOCC3)cn2)C1. The van der Waals surface area contributed by atoms with E-state index >= 15 is 0 Å². The van der Waals surface area contributed by atoms with Crippen LogP contribution in [0.4, 0.5) is 5.82 Å². The van der Waals surface area contributed by atoms with E-state index in [1.807, 2.05) is 0 Å². The predicted molar refractivity (Wildman–Crippen MR) is 106 cm³/mol. The molecule has 26 heavy (non-hydrogen) atoms. The first kappa shape index (κ1) is 17.5. The maximum Gasteiger partial charge on any atom is 0.128 e. The number of hydrogen-bond acceptors (Lipinski definition) is 4. The van der Waals surface area contributed by atoms with E-state index in [9.17, 15) is 0 Å². The number of morpholine rings is 1. The average Bonchev–Trinajstić information content (AvgIpc) is 2.70. The van der Waals surface area contributed by atoms with Crippen molar-refractivity contribution in [2.24, 2.45) is 0 Å². The van der Waals surface area contributed by atoms with Gasteiger partial charge in [0.05, 0.1) is 13.2 Å². The van der Waals surface area contributed by atoms with E-state index < -0.39 is 0 Å². The first-order valence-electron chi connectivity index (χ1n) is 9.78. The van der Waals surface area contributed by atoms with E-state index in [-0.39, 0.29) is 5.41 Å². The molecule has 3 heterocycles. The topological polar surface area (TPSA) is 28.6 Å². The van der Waals surface area contributed by atoms with Gasteiger partial charge in [-0.2, -0.15) is 0 Å². The molecule has 0 spiro atoms. The molecule has 1 aromatic heterocycles. The molecule has 0 amide bonds. The quantitative estimate of drug-likeness (QED) is 0.843. The summed E-state index contributed by atoms with van der Waals surface area (Å²) in [6.45, 7) is 9.21. The lowest BCUT2D eigenvalue weighted by Gasteiger charge is -2.41. The molecule has 0 N–H and O–H groups in total. The maximum atomic E-state index is 5.43. The first-order valence-corrected chi connectivity index (χ1v) is 9.78. The number of nitrogens with zero attached hydrogens (tertiary/aromatic N) is 3. The van der Waals surface area contributed by atoms with Crippen molar-refractivity contribution in [3.05, 3.63) is 59.8 Å². The number of ether oxygens (including phenoxy) is 1. The molecule has 0 saturated carbocycles. The highest BCUT2D eigenvalue weighted by Crippen LogP contribution is 2.35. The molecule has 0 unspecified atom stereocenters. The molecule has 1 aromatic carbocycles. The molecular weight excluding hydrogens is 322 g/mol. The van der Waals surface area contributed by atoms with E-state index in [0.717, 1.165) is 51.8 Å². The summed E-state index contributed by atoms with van der Waals surface area (Å²) < 4.78 is 5.43. The van der Waals surface area contributed by atoms with Crippen LogP contribution in [0.5, 0.6) is 0 Å². The lowest BCUT2D eigenvalue weighted by molar-refractivity contribution is 0.0341. The second-order valence-corrected chi connectivity index (χ2v) is 7.86. The van der Waals surface area contributed by atoms with Crippen LogP contribution in [-0.2, 0) is 16.7 Å². The molecule has 2 aliphatic heterocycles. The summed E-state index contributed by atoms with van der Waals surface area (Å²) in [5.41, 5.74) is 2.93. The van der Waals surface area contributed by atoms with Crippen LogP contribution in [0.25, 0.3) is 0 Å². The fraction of sp³-hybridized carbons (Fsp3) is 0.500. The van der Waals surface area contributed by atoms with Crippen molar-refractivity contribution in [2.45, 2.75) is 31.7 Å². The highest BCUT2D eigenvalue weighted by Gasteiger charge is 2.33. The summed E-state index contributed by atoms with van der Waals surface area (Å²) >= 11 is 0. The number of benzene rings is 1. The molecule has 1 atom stereocenters. The Morgan fingerprint density at radius 1 is 1.04 bits per heavy atom. The van der Waals surface area contributed by atoms with Crippen molar-refractivity contribution in [2.75, 3.05) is 44.3 Å². The molecule has 2 aromatic rings. The number of hydrogen-bond donors (Lipinski definition) is 0. The van der Waals surface area contributed by atoms with Crippen molar-refractivity contribution in [1.29, 1.82) is 0 Å². The molecule has 0 radical (unpaired) electrons. The van der Waals surface area contributed by atoms with Crippen LogP contribution >= 0.6 is 0 Å². The third-order valence-corrected chi connectivity index (χ3v) is 5.81. The van der Waals surface area contributed by atoms with Gasteiger partial charge < -0.3 is 9.64 Å². The summed E-state index contributed by atoms with van der Waals surface area (Å²) in [5.74, 6) is 1.11. The van der Waals surface area contributed by atoms with Gasteiger partial charge in [0.25, 0.3) is 0 Å². The largest absolute Gasteiger partial charge is 0.379 e. The fourth-order valence-corrected chi connectivity index (χ4v) is 4.23. The monoisotopic (exact) mass is 351 g/mol. The van der Waals surface area contributed by atoms with Gasteiger partial charge in [-0.1, -0.05) is 43.3 Å². The van der Waals surface area contributed by atoms with Crippen LogP contribution in [0.15, 0.2) is 48.7 Å². The van der Waals surface area contributed by atoms with Crippen molar-refractivity contribution in [3.8, 4) is 0 Å². The summed E-state index contributed by atoms with van der Waals surface area (Å²) in [4.78, 5) is 9.69. The zero-order valence-corrected chi connectivity index (χ0v) is 15.7. The Bertz CT molecular complexity index is 697. The molecule has 138 valence electrons. The molecule has 2 fully saturated rings. The summed E-state index contributed by atoms with van der Waals surface area (Å²) in [7, 11) is 0. The number of piperidine rings is 1. The van der Waals surface area contributed by atoms with Gasteiger partial charge in [0, 0.05) is 44.3 Å². The van der Waals surface area contributed by atoms with Crippen molar-refractivity contribution in [1.82, 2.24) is 9.88 Å². The van der Waals surface area contributed by atoms with Gasteiger partial charge in [0.1, 0.15) is 5.82 Å². The van der Waals surface area contributed by atoms with Gasteiger partial charge in [0.2, 0.25) is 0 Å². The van der Waals surface area contributed by atoms with Crippen LogP contribution in [0, 0.1) is 0 Å². The standard InChI is InChI=1S/C22H29N3O/c1-22(20-6-3-2-4-7-20)10-5-11-25(18-22)21-9-8-19(16-23-21)17-24-12-14-26-15-13-24/h2-4,6-9,16H,5,10-15,17-18H2,1H3/t22-/m0/s1. The molecule has 4 heteroatoms. The van der Waals surface area contributed by atoms with Gasteiger partial charge in [0.15, 0.2) is 0 Å². The van der Waals surface area contributed by atoms with Gasteiger partial charge in [-0.05, 0) is 30.0 Å². The number of anilines is 1. The molecular formula is C22H29N3O. The zero-order valence-electron chi connectivity index (χ0n) is 15.7. The zero-order chi connectivity index (χ0) is 17.8. The third-order valence-electron chi connectivity index (χ3n) is 5.81. The van der Waals surface area contributed by atoms with Crippen LogP contribution in [0.3, 0.4) is 0 Å². The Morgan fingerprint density at radius 2 is 1.85 bits per heavy atom. The van der Waals surface area contributed by atoms with E-state index in [1.165, 1.54) is 24.0 Å². The smallest absolute Gasteiger partial charge is 0.128 e. The number of rotatable bonds is 4. The molecule has 2 saturated heterocycles. The van der Waals surface area contributed by atoms with E-state index in [4.69, 9.17) is 9.72 Å². The normalized spacial score (nSPS) is 24.6. The van der Waals surface area contributed by atoms with Gasteiger partial charge in [-0.15, -0.1) is 0 Å². The van der Waals surface area contributed by atoms with Crippen LogP contribution in [0.1, 0.15) is 30.9 Å². The fourth-order valence-electron chi connectivity index (χ4n) is 4.23. The van der Waals surface area contributed by atoms with Crippen molar-refractivity contribution >= 4 is 5.82 Å². The van der Waals surface area contributed by atoms with E-state index in [2.05, 4.69) is 65.4 Å². The van der Waals surface area contributed by atoms with Crippen LogP contribution in [-0.4, -0.2) is 49.3 Å². The van der Waals surface area contributed by atoms with E-state index in [1.54, 1.807) is 0 Å². The van der Waals surface area contributed by atoms with E-state index in [0.29, 0.717) is 0 Å². The Morgan fingerprint density at radius 3 is 2.58 bits per heavy atom. The summed E-state index contributed by atoms with van der Waals surface area (Å²) in [6, 6.07) is 15.4. The lowest BCUT2D eigenvalue weighted by atomic mass is 9.76. The summed E-state index contributed by atoms with van der Waals surface area (Å²) in [5, 5.41) is 0. The lowest BCUT2D eigenvalue weighted by Crippen LogP contribution is -2.44. The Kier molecular flexibility index (Phi) is 5.23. The second kappa shape index (κ2) is 7.77. The van der Waals surface area contributed by atoms with Gasteiger partial charge in [-0.25, -0.2) is 4.98 Å². The van der Waals surface area contributed by atoms with Crippen LogP contribution < -0.4 is 4.90 Å². The minimum Gasteiger partial charge on any atom is -0.379 e. The molecule has 0 aliphatic carbocycles. The minimum absolute atomic E-state index is 0.202. The molecule has 0 bridgehead atoms. The molecule has 4 rings (SSSR count). The predicted octanol–water partition coefficient (Wildman–Crippen LogP) is 3.47. The molecule has 2 aliphatic rings. The number of aromatic nitrogens is 1. The third kappa shape index (κ3) is 3.92. The summed E-state index contributed by atoms with van der Waals surface area (Å²) in [6.07, 6.45) is 4.50. The minimum atomic E-state index is 0.202. The molecule has 4 nitrogen and oxygen atoms in total. The Labute approximate surface area is 156 Å². The Balaban J connectivity index is 1.43. The maximum absolute atomic E-state index is 5.43.